The molecule has 0 spiro atoms. The van der Waals surface area contributed by atoms with Gasteiger partial charge >= 0.3 is 12.0 Å². The third-order valence-electron chi connectivity index (χ3n) is 3.83. The summed E-state index contributed by atoms with van der Waals surface area (Å²) in [6.07, 6.45) is 2.15. The second kappa shape index (κ2) is 5.14. The molecular weight excluding hydrogens is 236 g/mol. The Morgan fingerprint density at radius 2 is 2.06 bits per heavy atom. The van der Waals surface area contributed by atoms with E-state index in [4.69, 9.17) is 9.84 Å². The van der Waals surface area contributed by atoms with E-state index in [9.17, 15) is 9.59 Å². The van der Waals surface area contributed by atoms with Crippen molar-refractivity contribution in [2.45, 2.75) is 31.7 Å². The van der Waals surface area contributed by atoms with E-state index in [2.05, 4.69) is 5.32 Å². The van der Waals surface area contributed by atoms with Gasteiger partial charge in [0.15, 0.2) is 0 Å². The number of carboxylic acids is 1. The third-order valence-corrected chi connectivity index (χ3v) is 3.83. The lowest BCUT2D eigenvalue weighted by atomic mass is 9.93. The Labute approximate surface area is 106 Å². The van der Waals surface area contributed by atoms with Crippen LogP contribution in [0.5, 0.6) is 0 Å². The molecular formula is C12H20N2O4. The maximum absolute atomic E-state index is 12.1. The zero-order chi connectivity index (χ0) is 13.2. The molecule has 1 unspecified atom stereocenters. The standard InChI is InChI=1S/C12H20N2O4/c1-12(3-6-18-7-4-12)13-11(17)14-5-2-9(8-14)10(15)16/h9H,2-8H2,1H3,(H,13,17)(H,15,16). The maximum Gasteiger partial charge on any atom is 0.317 e. The van der Waals surface area contributed by atoms with E-state index in [1.54, 1.807) is 4.90 Å². The van der Waals surface area contributed by atoms with E-state index in [1.165, 1.54) is 0 Å². The summed E-state index contributed by atoms with van der Waals surface area (Å²) in [5, 5.41) is 11.9. The van der Waals surface area contributed by atoms with E-state index in [-0.39, 0.29) is 11.6 Å². The van der Waals surface area contributed by atoms with Crippen molar-refractivity contribution in [2.75, 3.05) is 26.3 Å². The molecule has 2 aliphatic heterocycles. The summed E-state index contributed by atoms with van der Waals surface area (Å²) < 4.78 is 5.28. The quantitative estimate of drug-likeness (QED) is 0.761. The predicted molar refractivity (Wildman–Crippen MR) is 64.3 cm³/mol. The molecule has 6 nitrogen and oxygen atoms in total. The minimum absolute atomic E-state index is 0.150. The van der Waals surface area contributed by atoms with Crippen LogP contribution in [0.25, 0.3) is 0 Å². The van der Waals surface area contributed by atoms with Gasteiger partial charge in [-0.2, -0.15) is 0 Å². The van der Waals surface area contributed by atoms with Crippen LogP contribution >= 0.6 is 0 Å². The maximum atomic E-state index is 12.1. The fourth-order valence-electron chi connectivity index (χ4n) is 2.43. The van der Waals surface area contributed by atoms with Crippen LogP contribution in [0.4, 0.5) is 4.79 Å². The molecule has 2 aliphatic rings. The van der Waals surface area contributed by atoms with Gasteiger partial charge in [0.2, 0.25) is 0 Å². The lowest BCUT2D eigenvalue weighted by Gasteiger charge is -2.35. The summed E-state index contributed by atoms with van der Waals surface area (Å²) in [4.78, 5) is 24.5. The molecule has 2 amide bonds. The summed E-state index contributed by atoms with van der Waals surface area (Å²) in [7, 11) is 0. The van der Waals surface area contributed by atoms with Gasteiger partial charge in [0, 0.05) is 31.8 Å². The molecule has 6 heteroatoms. The average Bonchev–Trinajstić information content (AvgIpc) is 2.78. The van der Waals surface area contributed by atoms with E-state index in [0.717, 1.165) is 12.8 Å². The zero-order valence-electron chi connectivity index (χ0n) is 10.6. The summed E-state index contributed by atoms with van der Waals surface area (Å²) in [5.41, 5.74) is -0.226. The molecule has 2 saturated heterocycles. The highest BCUT2D eigenvalue weighted by Gasteiger charge is 2.35. The summed E-state index contributed by atoms with van der Waals surface area (Å²) in [6, 6.07) is -0.150. The van der Waals surface area contributed by atoms with Crippen molar-refractivity contribution in [2.24, 2.45) is 5.92 Å². The molecule has 0 aromatic heterocycles. The first-order valence-corrected chi connectivity index (χ1v) is 6.38. The summed E-state index contributed by atoms with van der Waals surface area (Å²) >= 11 is 0. The average molecular weight is 256 g/mol. The Bertz CT molecular complexity index is 339. The highest BCUT2D eigenvalue weighted by Crippen LogP contribution is 2.22. The monoisotopic (exact) mass is 256 g/mol. The first kappa shape index (κ1) is 13.1. The smallest absolute Gasteiger partial charge is 0.317 e. The van der Waals surface area contributed by atoms with E-state index < -0.39 is 11.9 Å². The second-order valence-corrected chi connectivity index (χ2v) is 5.37. The molecule has 102 valence electrons. The molecule has 2 rings (SSSR count). The van der Waals surface area contributed by atoms with Crippen molar-refractivity contribution in [3.63, 3.8) is 0 Å². The predicted octanol–water partition coefficient (Wildman–Crippen LogP) is 0.672. The molecule has 1 atom stereocenters. The number of likely N-dealkylation sites (tertiary alicyclic amines) is 1. The first-order chi connectivity index (χ1) is 8.50. The van der Waals surface area contributed by atoms with Crippen molar-refractivity contribution in [1.82, 2.24) is 10.2 Å². The highest BCUT2D eigenvalue weighted by atomic mass is 16.5. The van der Waals surface area contributed by atoms with E-state index >= 15 is 0 Å². The molecule has 0 radical (unpaired) electrons. The van der Waals surface area contributed by atoms with Gasteiger partial charge in [-0.15, -0.1) is 0 Å². The normalized spacial score (nSPS) is 26.9. The number of carbonyl (C=O) groups is 2. The molecule has 2 N–H and O–H groups in total. The Morgan fingerprint density at radius 1 is 1.39 bits per heavy atom. The second-order valence-electron chi connectivity index (χ2n) is 5.37. The van der Waals surface area contributed by atoms with Crippen LogP contribution in [0, 0.1) is 5.92 Å². The van der Waals surface area contributed by atoms with Crippen molar-refractivity contribution >= 4 is 12.0 Å². The number of amides is 2. The van der Waals surface area contributed by atoms with Crippen LogP contribution in [-0.2, 0) is 9.53 Å². The number of nitrogens with zero attached hydrogens (tertiary/aromatic N) is 1. The number of hydrogen-bond acceptors (Lipinski definition) is 3. The van der Waals surface area contributed by atoms with Crippen molar-refractivity contribution in [3.8, 4) is 0 Å². The third kappa shape index (κ3) is 2.93. The van der Waals surface area contributed by atoms with Crippen molar-refractivity contribution in [3.05, 3.63) is 0 Å². The number of carboxylic acid groups (broad SMARTS) is 1. The molecule has 0 saturated carbocycles. The van der Waals surface area contributed by atoms with Gasteiger partial charge in [-0.1, -0.05) is 0 Å². The number of ether oxygens (including phenoxy) is 1. The largest absolute Gasteiger partial charge is 0.481 e. The topological polar surface area (TPSA) is 78.9 Å². The van der Waals surface area contributed by atoms with Gasteiger partial charge in [-0.05, 0) is 26.2 Å². The van der Waals surface area contributed by atoms with Crippen LogP contribution in [0.3, 0.4) is 0 Å². The van der Waals surface area contributed by atoms with Gasteiger partial charge < -0.3 is 20.1 Å². The van der Waals surface area contributed by atoms with E-state index in [0.29, 0.717) is 32.7 Å². The van der Waals surface area contributed by atoms with E-state index in [1.807, 2.05) is 6.92 Å². The summed E-state index contributed by atoms with van der Waals surface area (Å²) in [5.74, 6) is -1.24. The fraction of sp³-hybridized carbons (Fsp3) is 0.833. The molecule has 2 heterocycles. The highest BCUT2D eigenvalue weighted by molar-refractivity contribution is 5.77. The lowest BCUT2D eigenvalue weighted by molar-refractivity contribution is -0.141. The van der Waals surface area contributed by atoms with Gasteiger partial charge in [-0.3, -0.25) is 4.79 Å². The number of carbonyl (C=O) groups excluding carboxylic acids is 1. The van der Waals surface area contributed by atoms with Crippen molar-refractivity contribution < 1.29 is 19.4 Å². The van der Waals surface area contributed by atoms with Gasteiger partial charge in [0.25, 0.3) is 0 Å². The number of aliphatic carboxylic acids is 1. The number of rotatable bonds is 2. The van der Waals surface area contributed by atoms with Crippen LogP contribution in [0.2, 0.25) is 0 Å². The summed E-state index contributed by atoms with van der Waals surface area (Å²) in [6.45, 7) is 4.17. The Hall–Kier alpha value is -1.30. The zero-order valence-corrected chi connectivity index (χ0v) is 10.6. The Kier molecular flexibility index (Phi) is 3.75. The van der Waals surface area contributed by atoms with Crippen LogP contribution < -0.4 is 5.32 Å². The Balaban J connectivity index is 1.87. The lowest BCUT2D eigenvalue weighted by Crippen LogP contribution is -2.53. The van der Waals surface area contributed by atoms with Gasteiger partial charge in [-0.25, -0.2) is 4.79 Å². The molecule has 18 heavy (non-hydrogen) atoms. The SMILES string of the molecule is CC1(NC(=O)N2CCC(C(=O)O)C2)CCOCC1. The molecule has 2 fully saturated rings. The first-order valence-electron chi connectivity index (χ1n) is 6.38. The van der Waals surface area contributed by atoms with Crippen LogP contribution in [0.1, 0.15) is 26.2 Å². The van der Waals surface area contributed by atoms with Crippen molar-refractivity contribution in [1.29, 1.82) is 0 Å². The van der Waals surface area contributed by atoms with Gasteiger partial charge in [0.05, 0.1) is 5.92 Å². The fourth-order valence-corrected chi connectivity index (χ4v) is 2.43. The molecule has 0 aromatic rings. The van der Waals surface area contributed by atoms with Gasteiger partial charge in [0.1, 0.15) is 0 Å². The number of hydrogen-bond donors (Lipinski definition) is 2. The number of urea groups is 1. The minimum atomic E-state index is -0.817. The molecule has 0 aliphatic carbocycles. The van der Waals surface area contributed by atoms with Crippen LogP contribution in [0.15, 0.2) is 0 Å². The minimum Gasteiger partial charge on any atom is -0.481 e. The number of nitrogens with one attached hydrogen (secondary N) is 1. The molecule has 0 bridgehead atoms. The molecule has 0 aromatic carbocycles. The van der Waals surface area contributed by atoms with Crippen LogP contribution in [-0.4, -0.2) is 53.8 Å². The Morgan fingerprint density at radius 3 is 2.61 bits per heavy atom.